The number of rotatable bonds is 9. The summed E-state index contributed by atoms with van der Waals surface area (Å²) in [4.78, 5) is 14.2. The molecule has 3 rings (SSSR count). The third kappa shape index (κ3) is 6.72. The molecule has 0 aliphatic rings. The van der Waals surface area contributed by atoms with Crippen molar-refractivity contribution in [3.63, 3.8) is 0 Å². The molecule has 0 unspecified atom stereocenters. The zero-order valence-electron chi connectivity index (χ0n) is 17.4. The number of anilines is 1. The number of hydrogen-bond acceptors (Lipinski definition) is 5. The lowest BCUT2D eigenvalue weighted by molar-refractivity contribution is -0.123. The molecule has 0 aliphatic heterocycles. The third-order valence-corrected chi connectivity index (χ3v) is 4.61. The van der Waals surface area contributed by atoms with Gasteiger partial charge < -0.3 is 9.64 Å². The number of hydrogen-bond donors (Lipinski definition) is 1. The molecule has 0 bridgehead atoms. The molecule has 1 amide bonds. The summed E-state index contributed by atoms with van der Waals surface area (Å²) in [6, 6.07) is 27.0. The Kier molecular flexibility index (Phi) is 7.78. The van der Waals surface area contributed by atoms with Crippen LogP contribution in [0, 0.1) is 11.3 Å². The molecule has 6 heteroatoms. The highest BCUT2D eigenvalue weighted by Gasteiger charge is 2.05. The third-order valence-electron chi connectivity index (χ3n) is 4.61. The fourth-order valence-corrected chi connectivity index (χ4v) is 2.95. The number of nitrogens with one attached hydrogen (secondary N) is 1. The highest BCUT2D eigenvalue weighted by molar-refractivity contribution is 5.83. The first-order valence-electron chi connectivity index (χ1n) is 10.0. The summed E-state index contributed by atoms with van der Waals surface area (Å²) >= 11 is 0. The molecule has 3 aromatic carbocycles. The van der Waals surface area contributed by atoms with E-state index in [4.69, 9.17) is 10.00 Å². The molecule has 3 aromatic rings. The smallest absolute Gasteiger partial charge is 0.277 e. The molecule has 0 aromatic heterocycles. The fraction of sp³-hybridized carbons (Fsp3) is 0.160. The zero-order chi connectivity index (χ0) is 21.9. The molecule has 31 heavy (non-hydrogen) atoms. The van der Waals surface area contributed by atoms with Crippen molar-refractivity contribution in [1.82, 2.24) is 5.43 Å². The van der Waals surface area contributed by atoms with Crippen LogP contribution in [0.1, 0.15) is 23.6 Å². The monoisotopic (exact) mass is 412 g/mol. The van der Waals surface area contributed by atoms with E-state index in [1.165, 1.54) is 5.56 Å². The average molecular weight is 412 g/mol. The predicted octanol–water partition coefficient (Wildman–Crippen LogP) is 4.11. The summed E-state index contributed by atoms with van der Waals surface area (Å²) < 4.78 is 5.37. The van der Waals surface area contributed by atoms with Crippen molar-refractivity contribution in [2.75, 3.05) is 18.1 Å². The van der Waals surface area contributed by atoms with Crippen molar-refractivity contribution in [2.24, 2.45) is 5.10 Å². The predicted molar refractivity (Wildman–Crippen MR) is 122 cm³/mol. The first-order chi connectivity index (χ1) is 15.2. The van der Waals surface area contributed by atoms with Crippen LogP contribution in [0.25, 0.3) is 0 Å². The summed E-state index contributed by atoms with van der Waals surface area (Å²) in [5, 5.41) is 12.8. The Morgan fingerprint density at radius 3 is 2.42 bits per heavy atom. The largest absolute Gasteiger partial charge is 0.484 e. The van der Waals surface area contributed by atoms with Gasteiger partial charge in [0.2, 0.25) is 0 Å². The van der Waals surface area contributed by atoms with Crippen LogP contribution in [0.3, 0.4) is 0 Å². The number of ether oxygens (including phenoxy) is 1. The SMILES string of the molecule is CCN(Cc1ccccc1)c1ccc(/C=N\NC(=O)COc2ccc(C#N)cc2)cc1. The molecule has 156 valence electrons. The maximum atomic E-state index is 11.9. The minimum Gasteiger partial charge on any atom is -0.484 e. The molecule has 0 saturated heterocycles. The summed E-state index contributed by atoms with van der Waals surface area (Å²) in [5.74, 6) is 0.155. The first-order valence-corrected chi connectivity index (χ1v) is 10.0. The van der Waals surface area contributed by atoms with Gasteiger partial charge in [-0.1, -0.05) is 42.5 Å². The topological polar surface area (TPSA) is 77.7 Å². The van der Waals surface area contributed by atoms with Gasteiger partial charge in [0, 0.05) is 18.8 Å². The van der Waals surface area contributed by atoms with Gasteiger partial charge >= 0.3 is 0 Å². The van der Waals surface area contributed by atoms with Crippen LogP contribution in [0.4, 0.5) is 5.69 Å². The number of hydrazone groups is 1. The summed E-state index contributed by atoms with van der Waals surface area (Å²) in [6.07, 6.45) is 1.59. The number of amides is 1. The maximum absolute atomic E-state index is 11.9. The van der Waals surface area contributed by atoms with Crippen LogP contribution in [0.15, 0.2) is 84.0 Å². The minimum absolute atomic E-state index is 0.160. The number of benzene rings is 3. The zero-order valence-corrected chi connectivity index (χ0v) is 17.4. The Morgan fingerprint density at radius 1 is 1.06 bits per heavy atom. The standard InChI is InChI=1S/C25H24N4O2/c1-2-29(18-22-6-4-3-5-7-22)23-12-8-21(9-13-23)17-27-28-25(30)19-31-24-14-10-20(16-26)11-15-24/h3-15,17H,2,18-19H2,1H3,(H,28,30)/b27-17-. The Bertz CT molecular complexity index is 1040. The molecule has 0 fully saturated rings. The fourth-order valence-electron chi connectivity index (χ4n) is 2.95. The molecule has 0 atom stereocenters. The summed E-state index contributed by atoms with van der Waals surface area (Å²) in [6.45, 7) is 3.72. The van der Waals surface area contributed by atoms with Gasteiger partial charge in [0.05, 0.1) is 17.8 Å². The minimum atomic E-state index is -0.364. The molecule has 1 N–H and O–H groups in total. The van der Waals surface area contributed by atoms with E-state index in [1.54, 1.807) is 30.5 Å². The lowest BCUT2D eigenvalue weighted by atomic mass is 10.1. The number of nitriles is 1. The van der Waals surface area contributed by atoms with Crippen LogP contribution >= 0.6 is 0 Å². The molecule has 0 saturated carbocycles. The number of carbonyl (C=O) groups is 1. The van der Waals surface area contributed by atoms with Crippen molar-refractivity contribution in [3.05, 3.63) is 95.6 Å². The lowest BCUT2D eigenvalue weighted by Gasteiger charge is -2.23. The molecule has 0 aliphatic carbocycles. The van der Waals surface area contributed by atoms with Gasteiger partial charge in [-0.2, -0.15) is 10.4 Å². The summed E-state index contributed by atoms with van der Waals surface area (Å²) in [5.41, 5.74) is 6.26. The first kappa shape index (κ1) is 21.6. The van der Waals surface area contributed by atoms with Crippen LogP contribution in [-0.2, 0) is 11.3 Å². The van der Waals surface area contributed by atoms with E-state index < -0.39 is 0 Å². The Labute approximate surface area is 182 Å². The second-order valence-corrected chi connectivity index (χ2v) is 6.81. The lowest BCUT2D eigenvalue weighted by Crippen LogP contribution is -2.24. The van der Waals surface area contributed by atoms with E-state index in [1.807, 2.05) is 48.5 Å². The van der Waals surface area contributed by atoms with Crippen molar-refractivity contribution in [1.29, 1.82) is 5.26 Å². The molecule has 6 nitrogen and oxygen atoms in total. The Hall–Kier alpha value is -4.11. The number of nitrogens with zero attached hydrogens (tertiary/aromatic N) is 3. The van der Waals surface area contributed by atoms with Gasteiger partial charge in [0.1, 0.15) is 5.75 Å². The van der Waals surface area contributed by atoms with Crippen LogP contribution in [0.5, 0.6) is 5.75 Å². The van der Waals surface area contributed by atoms with Gasteiger partial charge in [-0.3, -0.25) is 4.79 Å². The second kappa shape index (κ2) is 11.2. The van der Waals surface area contributed by atoms with E-state index in [0.29, 0.717) is 11.3 Å². The highest BCUT2D eigenvalue weighted by Crippen LogP contribution is 2.17. The van der Waals surface area contributed by atoms with E-state index in [2.05, 4.69) is 34.5 Å². The Balaban J connectivity index is 1.48. The van der Waals surface area contributed by atoms with Crippen molar-refractivity contribution in [2.45, 2.75) is 13.5 Å². The van der Waals surface area contributed by atoms with Crippen molar-refractivity contribution >= 4 is 17.8 Å². The number of carbonyl (C=O) groups excluding carboxylic acids is 1. The van der Waals surface area contributed by atoms with Gasteiger partial charge in [0.25, 0.3) is 5.91 Å². The van der Waals surface area contributed by atoms with Crippen molar-refractivity contribution < 1.29 is 9.53 Å². The van der Waals surface area contributed by atoms with Gasteiger partial charge in [-0.25, -0.2) is 5.43 Å². The molecule has 0 radical (unpaired) electrons. The van der Waals surface area contributed by atoms with Crippen LogP contribution in [0.2, 0.25) is 0 Å². The highest BCUT2D eigenvalue weighted by atomic mass is 16.5. The van der Waals surface area contributed by atoms with E-state index >= 15 is 0 Å². The normalized spacial score (nSPS) is 10.5. The van der Waals surface area contributed by atoms with E-state index in [9.17, 15) is 4.79 Å². The van der Waals surface area contributed by atoms with E-state index in [0.717, 1.165) is 24.3 Å². The van der Waals surface area contributed by atoms with Crippen molar-refractivity contribution in [3.8, 4) is 11.8 Å². The second-order valence-electron chi connectivity index (χ2n) is 6.81. The molecule has 0 heterocycles. The molecule has 0 spiro atoms. The van der Waals surface area contributed by atoms with Crippen LogP contribution in [-0.4, -0.2) is 25.3 Å². The quantitative estimate of drug-likeness (QED) is 0.424. The van der Waals surface area contributed by atoms with Crippen LogP contribution < -0.4 is 15.1 Å². The average Bonchev–Trinajstić information content (AvgIpc) is 2.83. The van der Waals surface area contributed by atoms with Gasteiger partial charge in [0.15, 0.2) is 6.61 Å². The van der Waals surface area contributed by atoms with E-state index in [-0.39, 0.29) is 12.5 Å². The van der Waals surface area contributed by atoms with Gasteiger partial charge in [-0.05, 0) is 54.4 Å². The molecular formula is C25H24N4O2. The maximum Gasteiger partial charge on any atom is 0.277 e. The van der Waals surface area contributed by atoms with Gasteiger partial charge in [-0.15, -0.1) is 0 Å². The molecular weight excluding hydrogens is 388 g/mol. The Morgan fingerprint density at radius 2 is 1.77 bits per heavy atom. The summed E-state index contributed by atoms with van der Waals surface area (Å²) in [7, 11) is 0.